The molecule has 0 unspecified atom stereocenters. The molecule has 0 aliphatic heterocycles. The summed E-state index contributed by atoms with van der Waals surface area (Å²) in [6.07, 6.45) is 1.43. The van der Waals surface area contributed by atoms with Gasteiger partial charge in [-0.05, 0) is 31.2 Å². The summed E-state index contributed by atoms with van der Waals surface area (Å²) in [5.41, 5.74) is 1.08. The van der Waals surface area contributed by atoms with Crippen molar-refractivity contribution in [3.05, 3.63) is 53.3 Å². The number of ether oxygens (including phenoxy) is 1. The number of nitrogens with zero attached hydrogens (tertiary/aromatic N) is 1. The average molecular weight is 271 g/mol. The third kappa shape index (κ3) is 2.83. The van der Waals surface area contributed by atoms with E-state index >= 15 is 0 Å². The van der Waals surface area contributed by atoms with Crippen LogP contribution in [0.15, 0.2) is 36.5 Å². The molecular weight excluding hydrogens is 258 g/mol. The molecule has 1 aromatic carbocycles. The summed E-state index contributed by atoms with van der Waals surface area (Å²) >= 11 is 0. The maximum atomic E-state index is 11.1. The highest BCUT2D eigenvalue weighted by atomic mass is 16.5. The fraction of sp³-hybridized carbons (Fsp3) is 0.133. The Hall–Kier alpha value is -2.69. The van der Waals surface area contributed by atoms with Gasteiger partial charge in [0, 0.05) is 12.5 Å². The number of carboxylic acid groups (broad SMARTS) is 1. The van der Waals surface area contributed by atoms with Crippen molar-refractivity contribution in [2.45, 2.75) is 13.8 Å². The second-order valence-corrected chi connectivity index (χ2v) is 4.27. The highest BCUT2D eigenvalue weighted by Crippen LogP contribution is 2.26. The highest BCUT2D eigenvalue weighted by Gasteiger charge is 2.11. The Kier molecular flexibility index (Phi) is 3.79. The number of Topliss-reactive ketones (excluding diaryl/α,β-unsaturated/α-hetero) is 1. The molecule has 20 heavy (non-hydrogen) atoms. The molecule has 0 atom stereocenters. The van der Waals surface area contributed by atoms with Gasteiger partial charge in [-0.25, -0.2) is 9.78 Å². The molecule has 5 nitrogen and oxygen atoms in total. The number of carbonyl (C=O) groups excluding carboxylic acids is 1. The largest absolute Gasteiger partial charge is 0.478 e. The van der Waals surface area contributed by atoms with Crippen molar-refractivity contribution in [1.82, 2.24) is 4.98 Å². The van der Waals surface area contributed by atoms with E-state index in [1.807, 2.05) is 0 Å². The molecule has 0 aliphatic rings. The molecule has 0 saturated carbocycles. The number of carbonyl (C=O) groups is 2. The van der Waals surface area contributed by atoms with Crippen LogP contribution in [0.2, 0.25) is 0 Å². The lowest BCUT2D eigenvalue weighted by Crippen LogP contribution is -2.01. The van der Waals surface area contributed by atoms with Crippen molar-refractivity contribution < 1.29 is 19.4 Å². The molecule has 0 amide bonds. The van der Waals surface area contributed by atoms with Crippen LogP contribution in [0.25, 0.3) is 0 Å². The van der Waals surface area contributed by atoms with Gasteiger partial charge >= 0.3 is 5.97 Å². The summed E-state index contributed by atoms with van der Waals surface area (Å²) < 4.78 is 5.60. The number of pyridine rings is 1. The Morgan fingerprint density at radius 2 is 1.95 bits per heavy atom. The molecule has 2 aromatic rings. The Morgan fingerprint density at radius 3 is 2.50 bits per heavy atom. The van der Waals surface area contributed by atoms with Gasteiger partial charge in [0.1, 0.15) is 17.2 Å². The van der Waals surface area contributed by atoms with E-state index in [-0.39, 0.29) is 11.3 Å². The second kappa shape index (κ2) is 5.52. The van der Waals surface area contributed by atoms with E-state index in [0.29, 0.717) is 22.8 Å². The van der Waals surface area contributed by atoms with E-state index < -0.39 is 5.97 Å². The van der Waals surface area contributed by atoms with Crippen molar-refractivity contribution >= 4 is 11.8 Å². The van der Waals surface area contributed by atoms with E-state index in [0.717, 1.165) is 0 Å². The van der Waals surface area contributed by atoms with Gasteiger partial charge in [-0.15, -0.1) is 0 Å². The molecule has 0 spiro atoms. The van der Waals surface area contributed by atoms with Crippen molar-refractivity contribution in [3.63, 3.8) is 0 Å². The van der Waals surface area contributed by atoms with Crippen LogP contribution in [0.3, 0.4) is 0 Å². The quantitative estimate of drug-likeness (QED) is 0.865. The Bertz CT molecular complexity index is 662. The maximum Gasteiger partial charge on any atom is 0.336 e. The third-order valence-corrected chi connectivity index (χ3v) is 2.84. The number of hydrogen-bond donors (Lipinski definition) is 1. The SMILES string of the molecule is CC(=O)c1ccc(Oc2cccc(C(=O)O)c2C)cn1. The predicted octanol–water partition coefficient (Wildman–Crippen LogP) is 3.08. The van der Waals surface area contributed by atoms with Crippen molar-refractivity contribution in [2.75, 3.05) is 0 Å². The number of carboxylic acids is 1. The van der Waals surface area contributed by atoms with E-state index in [1.54, 1.807) is 31.2 Å². The number of hydrogen-bond acceptors (Lipinski definition) is 4. The van der Waals surface area contributed by atoms with E-state index in [1.165, 1.54) is 19.2 Å². The van der Waals surface area contributed by atoms with E-state index in [9.17, 15) is 9.59 Å². The molecule has 0 saturated heterocycles. The topological polar surface area (TPSA) is 76.5 Å². The molecule has 102 valence electrons. The molecule has 1 N–H and O–H groups in total. The standard InChI is InChI=1S/C15H13NO4/c1-9-12(15(18)19)4-3-5-14(9)20-11-6-7-13(10(2)17)16-8-11/h3-8H,1-2H3,(H,18,19). The Labute approximate surface area is 115 Å². The number of ketones is 1. The fourth-order valence-corrected chi connectivity index (χ4v) is 1.73. The average Bonchev–Trinajstić information content (AvgIpc) is 2.41. The maximum absolute atomic E-state index is 11.1. The predicted molar refractivity (Wildman–Crippen MR) is 72.5 cm³/mol. The van der Waals surface area contributed by atoms with Gasteiger partial charge in [-0.2, -0.15) is 0 Å². The van der Waals surface area contributed by atoms with Crippen LogP contribution < -0.4 is 4.74 Å². The first-order valence-electron chi connectivity index (χ1n) is 5.97. The summed E-state index contributed by atoms with van der Waals surface area (Å²) in [6.45, 7) is 3.11. The molecule has 0 radical (unpaired) electrons. The first-order chi connectivity index (χ1) is 9.49. The van der Waals surface area contributed by atoms with Gasteiger partial charge < -0.3 is 9.84 Å². The molecule has 5 heteroatoms. The van der Waals surface area contributed by atoms with Gasteiger partial charge in [-0.1, -0.05) is 6.07 Å². The molecule has 0 fully saturated rings. The molecule has 0 aliphatic carbocycles. The zero-order valence-corrected chi connectivity index (χ0v) is 11.1. The van der Waals surface area contributed by atoms with Gasteiger partial charge in [0.2, 0.25) is 0 Å². The lowest BCUT2D eigenvalue weighted by atomic mass is 10.1. The molecule has 2 rings (SSSR count). The minimum atomic E-state index is -1.00. The summed E-state index contributed by atoms with van der Waals surface area (Å²) in [6, 6.07) is 8.00. The minimum Gasteiger partial charge on any atom is -0.478 e. The fourth-order valence-electron chi connectivity index (χ4n) is 1.73. The van der Waals surface area contributed by atoms with Gasteiger partial charge in [0.25, 0.3) is 0 Å². The molecule has 1 heterocycles. The van der Waals surface area contributed by atoms with Crippen LogP contribution in [-0.2, 0) is 0 Å². The van der Waals surface area contributed by atoms with E-state index in [2.05, 4.69) is 4.98 Å². The summed E-state index contributed by atoms with van der Waals surface area (Å²) in [7, 11) is 0. The van der Waals surface area contributed by atoms with E-state index in [4.69, 9.17) is 9.84 Å². The van der Waals surface area contributed by atoms with Crippen LogP contribution in [0.4, 0.5) is 0 Å². The Balaban J connectivity index is 2.28. The number of benzene rings is 1. The zero-order chi connectivity index (χ0) is 14.7. The lowest BCUT2D eigenvalue weighted by molar-refractivity contribution is 0.0695. The Morgan fingerprint density at radius 1 is 1.20 bits per heavy atom. The monoisotopic (exact) mass is 271 g/mol. The zero-order valence-electron chi connectivity index (χ0n) is 11.1. The van der Waals surface area contributed by atoms with Crippen LogP contribution in [-0.4, -0.2) is 21.8 Å². The van der Waals surface area contributed by atoms with Crippen LogP contribution in [0.5, 0.6) is 11.5 Å². The van der Waals surface area contributed by atoms with Gasteiger partial charge in [-0.3, -0.25) is 4.79 Å². The molecule has 1 aromatic heterocycles. The van der Waals surface area contributed by atoms with Crippen LogP contribution in [0, 0.1) is 6.92 Å². The van der Waals surface area contributed by atoms with Crippen LogP contribution >= 0.6 is 0 Å². The number of aromatic nitrogens is 1. The normalized spacial score (nSPS) is 10.1. The summed E-state index contributed by atoms with van der Waals surface area (Å²) in [4.78, 5) is 26.1. The molecular formula is C15H13NO4. The highest BCUT2D eigenvalue weighted by molar-refractivity contribution is 5.92. The van der Waals surface area contributed by atoms with Crippen molar-refractivity contribution in [1.29, 1.82) is 0 Å². The number of rotatable bonds is 4. The third-order valence-electron chi connectivity index (χ3n) is 2.84. The van der Waals surface area contributed by atoms with Gasteiger partial charge in [0.15, 0.2) is 5.78 Å². The van der Waals surface area contributed by atoms with Crippen LogP contribution in [0.1, 0.15) is 33.3 Å². The number of aromatic carboxylic acids is 1. The smallest absolute Gasteiger partial charge is 0.336 e. The molecule has 0 bridgehead atoms. The summed E-state index contributed by atoms with van der Waals surface area (Å²) in [5, 5.41) is 9.05. The lowest BCUT2D eigenvalue weighted by Gasteiger charge is -2.10. The van der Waals surface area contributed by atoms with Crippen molar-refractivity contribution in [2.24, 2.45) is 0 Å². The first-order valence-corrected chi connectivity index (χ1v) is 5.97. The van der Waals surface area contributed by atoms with Gasteiger partial charge in [0.05, 0.1) is 11.8 Å². The van der Waals surface area contributed by atoms with Crippen molar-refractivity contribution in [3.8, 4) is 11.5 Å². The summed E-state index contributed by atoms with van der Waals surface area (Å²) in [5.74, 6) is -0.235. The second-order valence-electron chi connectivity index (χ2n) is 4.27. The minimum absolute atomic E-state index is 0.124. The first kappa shape index (κ1) is 13.7.